The van der Waals surface area contributed by atoms with E-state index in [0.29, 0.717) is 4.91 Å². The second kappa shape index (κ2) is 4.05. The minimum absolute atomic E-state index is 0.0625. The van der Waals surface area contributed by atoms with Crippen molar-refractivity contribution in [2.24, 2.45) is 5.92 Å². The third-order valence-electron chi connectivity index (χ3n) is 1.80. The molecule has 0 spiro atoms. The number of nitrogens with one attached hydrogen (secondary N) is 2. The maximum Gasteiger partial charge on any atom is 0.148 e. The van der Waals surface area contributed by atoms with Gasteiger partial charge in [0.05, 0.1) is 11.4 Å². The van der Waals surface area contributed by atoms with Crippen molar-refractivity contribution in [3.8, 4) is 0 Å². The largest absolute Gasteiger partial charge is 0.303 e. The van der Waals surface area contributed by atoms with E-state index in [1.807, 2.05) is 0 Å². The Bertz CT molecular complexity index is 253. The molecule has 0 bridgehead atoms. The summed E-state index contributed by atoms with van der Waals surface area (Å²) in [5.41, 5.74) is -2.14. The molecule has 0 rings (SSSR count). The lowest BCUT2D eigenvalue weighted by Gasteiger charge is -2.20. The van der Waals surface area contributed by atoms with Crippen molar-refractivity contribution in [3.05, 3.63) is 11.5 Å². The second-order valence-corrected chi connectivity index (χ2v) is 4.05. The standard InChI is InChI=1S/C9H15FN2S/c1-5(6(2)13)7(11)8(12)9(3,4)10/h5,11-13H,2H2,1,3-4H3. The zero-order chi connectivity index (χ0) is 10.8. The van der Waals surface area contributed by atoms with Gasteiger partial charge < -0.3 is 10.8 Å². The van der Waals surface area contributed by atoms with Gasteiger partial charge in [-0.3, -0.25) is 0 Å². The fourth-order valence-electron chi connectivity index (χ4n) is 0.703. The van der Waals surface area contributed by atoms with E-state index >= 15 is 0 Å². The summed E-state index contributed by atoms with van der Waals surface area (Å²) in [7, 11) is 0. The lowest BCUT2D eigenvalue weighted by molar-refractivity contribution is 0.315. The van der Waals surface area contributed by atoms with Crippen molar-refractivity contribution in [1.29, 1.82) is 10.8 Å². The smallest absolute Gasteiger partial charge is 0.148 e. The van der Waals surface area contributed by atoms with Gasteiger partial charge in [0.2, 0.25) is 0 Å². The Labute approximate surface area is 83.7 Å². The van der Waals surface area contributed by atoms with Crippen molar-refractivity contribution < 1.29 is 4.39 Å². The Kier molecular flexibility index (Phi) is 3.85. The predicted molar refractivity (Wildman–Crippen MR) is 57.9 cm³/mol. The van der Waals surface area contributed by atoms with E-state index in [9.17, 15) is 4.39 Å². The second-order valence-electron chi connectivity index (χ2n) is 3.47. The lowest BCUT2D eigenvalue weighted by Crippen LogP contribution is -2.35. The van der Waals surface area contributed by atoms with Crippen LogP contribution in [-0.2, 0) is 0 Å². The van der Waals surface area contributed by atoms with E-state index in [-0.39, 0.29) is 17.3 Å². The van der Waals surface area contributed by atoms with Crippen molar-refractivity contribution in [2.45, 2.75) is 26.4 Å². The molecule has 0 saturated carbocycles. The molecular formula is C9H15FN2S. The molecule has 0 aliphatic carbocycles. The summed E-state index contributed by atoms with van der Waals surface area (Å²) in [6.45, 7) is 7.75. The average molecular weight is 202 g/mol. The Morgan fingerprint density at radius 1 is 1.46 bits per heavy atom. The van der Waals surface area contributed by atoms with E-state index in [0.717, 1.165) is 0 Å². The summed E-state index contributed by atoms with van der Waals surface area (Å²) in [6, 6.07) is 0. The molecule has 0 amide bonds. The summed E-state index contributed by atoms with van der Waals surface area (Å²) in [6.07, 6.45) is 0. The van der Waals surface area contributed by atoms with Gasteiger partial charge in [0.1, 0.15) is 5.67 Å². The van der Waals surface area contributed by atoms with Crippen LogP contribution in [0.3, 0.4) is 0 Å². The highest BCUT2D eigenvalue weighted by molar-refractivity contribution is 7.84. The van der Waals surface area contributed by atoms with E-state index in [2.05, 4.69) is 19.2 Å². The summed E-state index contributed by atoms with van der Waals surface area (Å²) < 4.78 is 13.2. The van der Waals surface area contributed by atoms with Crippen LogP contribution >= 0.6 is 12.6 Å². The molecule has 0 heterocycles. The van der Waals surface area contributed by atoms with Crippen LogP contribution in [0.2, 0.25) is 0 Å². The number of hydrogen-bond acceptors (Lipinski definition) is 3. The van der Waals surface area contributed by atoms with Gasteiger partial charge >= 0.3 is 0 Å². The van der Waals surface area contributed by atoms with Gasteiger partial charge in [-0.2, -0.15) is 0 Å². The average Bonchev–Trinajstić information content (AvgIpc) is 1.98. The van der Waals surface area contributed by atoms with Crippen molar-refractivity contribution >= 4 is 24.1 Å². The normalized spacial score (nSPS) is 13.6. The summed E-state index contributed by atoms with van der Waals surface area (Å²) in [5.74, 6) is -0.383. The Balaban J connectivity index is 4.64. The molecule has 4 heteroatoms. The first-order valence-corrected chi connectivity index (χ1v) is 4.37. The Morgan fingerprint density at radius 2 is 1.85 bits per heavy atom. The van der Waals surface area contributed by atoms with Crippen LogP contribution in [0.5, 0.6) is 0 Å². The maximum atomic E-state index is 13.2. The highest BCUT2D eigenvalue weighted by atomic mass is 32.1. The van der Waals surface area contributed by atoms with E-state index in [1.165, 1.54) is 13.8 Å². The molecule has 2 N–H and O–H groups in total. The minimum atomic E-state index is -1.77. The summed E-state index contributed by atoms with van der Waals surface area (Å²) >= 11 is 3.97. The molecule has 0 radical (unpaired) electrons. The highest BCUT2D eigenvalue weighted by Gasteiger charge is 2.28. The van der Waals surface area contributed by atoms with E-state index < -0.39 is 5.67 Å². The fraction of sp³-hybridized carbons (Fsp3) is 0.556. The van der Waals surface area contributed by atoms with E-state index in [1.54, 1.807) is 6.92 Å². The predicted octanol–water partition coefficient (Wildman–Crippen LogP) is 2.85. The van der Waals surface area contributed by atoms with Crippen LogP contribution in [0.25, 0.3) is 0 Å². The SMILES string of the molecule is C=C(S)C(C)C(=N)C(=N)C(C)(C)F. The number of thiol groups is 1. The number of hydrogen-bond donors (Lipinski definition) is 3. The topological polar surface area (TPSA) is 47.7 Å². The van der Waals surface area contributed by atoms with Crippen molar-refractivity contribution in [3.63, 3.8) is 0 Å². The molecule has 0 fully saturated rings. The van der Waals surface area contributed by atoms with Crippen molar-refractivity contribution in [2.75, 3.05) is 0 Å². The lowest BCUT2D eigenvalue weighted by atomic mass is 9.92. The monoisotopic (exact) mass is 202 g/mol. The first-order chi connectivity index (χ1) is 5.68. The number of rotatable bonds is 4. The molecule has 0 aliphatic rings. The fourth-order valence-corrected chi connectivity index (χ4v) is 0.832. The van der Waals surface area contributed by atoms with Crippen LogP contribution in [0.1, 0.15) is 20.8 Å². The third-order valence-corrected chi connectivity index (χ3v) is 2.18. The highest BCUT2D eigenvalue weighted by Crippen LogP contribution is 2.19. The summed E-state index contributed by atoms with van der Waals surface area (Å²) in [5, 5.41) is 14.9. The zero-order valence-electron chi connectivity index (χ0n) is 8.11. The van der Waals surface area contributed by atoms with Gasteiger partial charge in [-0.05, 0) is 18.8 Å². The number of halogens is 1. The molecule has 74 valence electrons. The van der Waals surface area contributed by atoms with Crippen LogP contribution in [0, 0.1) is 16.7 Å². The van der Waals surface area contributed by atoms with Gasteiger partial charge in [0.15, 0.2) is 0 Å². The number of allylic oxidation sites excluding steroid dienone is 1. The molecule has 13 heavy (non-hydrogen) atoms. The van der Waals surface area contributed by atoms with E-state index in [4.69, 9.17) is 10.8 Å². The minimum Gasteiger partial charge on any atom is -0.303 e. The van der Waals surface area contributed by atoms with Crippen molar-refractivity contribution in [1.82, 2.24) is 0 Å². The van der Waals surface area contributed by atoms with Crippen LogP contribution in [-0.4, -0.2) is 17.1 Å². The molecule has 2 nitrogen and oxygen atoms in total. The first-order valence-electron chi connectivity index (χ1n) is 3.92. The Hall–Kier alpha value is -0.640. The van der Waals surface area contributed by atoms with Gasteiger partial charge in [0, 0.05) is 5.92 Å². The maximum absolute atomic E-state index is 13.2. The third kappa shape index (κ3) is 3.30. The molecular weight excluding hydrogens is 187 g/mol. The Morgan fingerprint density at radius 3 is 2.08 bits per heavy atom. The van der Waals surface area contributed by atoms with Crippen LogP contribution < -0.4 is 0 Å². The van der Waals surface area contributed by atoms with Gasteiger partial charge in [-0.15, -0.1) is 12.6 Å². The van der Waals surface area contributed by atoms with Gasteiger partial charge in [0.25, 0.3) is 0 Å². The van der Waals surface area contributed by atoms with Crippen LogP contribution in [0.15, 0.2) is 11.5 Å². The number of alkyl halides is 1. The first kappa shape index (κ1) is 12.4. The molecule has 0 aromatic carbocycles. The zero-order valence-corrected chi connectivity index (χ0v) is 9.00. The quantitative estimate of drug-likeness (QED) is 0.464. The molecule has 1 atom stereocenters. The van der Waals surface area contributed by atoms with Gasteiger partial charge in [-0.1, -0.05) is 13.5 Å². The summed E-state index contributed by atoms with van der Waals surface area (Å²) in [4.78, 5) is 0.471. The molecule has 0 aliphatic heterocycles. The van der Waals surface area contributed by atoms with Gasteiger partial charge in [-0.25, -0.2) is 4.39 Å². The molecule has 1 unspecified atom stereocenters. The molecule has 0 saturated heterocycles. The molecule has 0 aromatic heterocycles. The molecule has 0 aromatic rings. The van der Waals surface area contributed by atoms with Crippen LogP contribution in [0.4, 0.5) is 4.39 Å².